The SMILES string of the molecule is CCC1CCCC(C(CCc2nccn2C)NN)C1. The lowest BCUT2D eigenvalue weighted by molar-refractivity contribution is 0.202. The van der Waals surface area contributed by atoms with Gasteiger partial charge in [0.15, 0.2) is 0 Å². The minimum Gasteiger partial charge on any atom is -0.338 e. The Hall–Kier alpha value is -0.870. The van der Waals surface area contributed by atoms with Crippen LogP contribution < -0.4 is 11.3 Å². The van der Waals surface area contributed by atoms with Crippen molar-refractivity contribution in [2.45, 2.75) is 57.9 Å². The molecule has 0 spiro atoms. The van der Waals surface area contributed by atoms with Gasteiger partial charge >= 0.3 is 0 Å². The third-order valence-corrected chi connectivity index (χ3v) is 4.78. The van der Waals surface area contributed by atoms with Crippen LogP contribution >= 0.6 is 0 Å². The van der Waals surface area contributed by atoms with Crippen LogP contribution in [0.25, 0.3) is 0 Å². The molecule has 1 heterocycles. The molecule has 108 valence electrons. The molecule has 1 aromatic rings. The molecule has 0 saturated heterocycles. The molecule has 3 atom stereocenters. The maximum Gasteiger partial charge on any atom is 0.108 e. The summed E-state index contributed by atoms with van der Waals surface area (Å²) in [6.07, 6.45) is 12.7. The van der Waals surface area contributed by atoms with Crippen molar-refractivity contribution in [3.8, 4) is 0 Å². The molecule has 4 nitrogen and oxygen atoms in total. The molecule has 0 amide bonds. The van der Waals surface area contributed by atoms with Gasteiger partial charge in [-0.2, -0.15) is 0 Å². The smallest absolute Gasteiger partial charge is 0.108 e. The van der Waals surface area contributed by atoms with Crippen LogP contribution in [0.4, 0.5) is 0 Å². The Kier molecular flexibility index (Phi) is 5.40. The lowest BCUT2D eigenvalue weighted by Crippen LogP contribution is -2.43. The van der Waals surface area contributed by atoms with Gasteiger partial charge in [0.05, 0.1) is 0 Å². The van der Waals surface area contributed by atoms with Crippen molar-refractivity contribution in [2.24, 2.45) is 24.7 Å². The first kappa shape index (κ1) is 14.5. The fourth-order valence-electron chi connectivity index (χ4n) is 3.45. The molecular weight excluding hydrogens is 236 g/mol. The topological polar surface area (TPSA) is 55.9 Å². The number of hydrogen-bond donors (Lipinski definition) is 2. The highest BCUT2D eigenvalue weighted by atomic mass is 15.2. The summed E-state index contributed by atoms with van der Waals surface area (Å²) < 4.78 is 2.10. The molecule has 1 aromatic heterocycles. The number of nitrogens with one attached hydrogen (secondary N) is 1. The maximum atomic E-state index is 5.79. The van der Waals surface area contributed by atoms with Gasteiger partial charge in [0.1, 0.15) is 5.82 Å². The summed E-state index contributed by atoms with van der Waals surface area (Å²) in [6, 6.07) is 0.436. The second kappa shape index (κ2) is 7.06. The van der Waals surface area contributed by atoms with Crippen molar-refractivity contribution in [3.63, 3.8) is 0 Å². The minimum atomic E-state index is 0.436. The molecule has 0 radical (unpaired) electrons. The molecule has 3 N–H and O–H groups in total. The zero-order valence-electron chi connectivity index (χ0n) is 12.3. The van der Waals surface area contributed by atoms with Gasteiger partial charge in [-0.15, -0.1) is 0 Å². The third-order valence-electron chi connectivity index (χ3n) is 4.78. The van der Waals surface area contributed by atoms with E-state index in [-0.39, 0.29) is 0 Å². The van der Waals surface area contributed by atoms with Gasteiger partial charge in [-0.3, -0.25) is 11.3 Å². The molecule has 0 aliphatic heterocycles. The predicted molar refractivity (Wildman–Crippen MR) is 78.4 cm³/mol. The first-order chi connectivity index (χ1) is 9.24. The fraction of sp³-hybridized carbons (Fsp3) is 0.800. The number of hydrazine groups is 1. The van der Waals surface area contributed by atoms with E-state index in [0.717, 1.165) is 30.5 Å². The Balaban J connectivity index is 1.87. The van der Waals surface area contributed by atoms with Crippen LogP contribution in [0, 0.1) is 11.8 Å². The van der Waals surface area contributed by atoms with E-state index in [0.29, 0.717) is 6.04 Å². The summed E-state index contributed by atoms with van der Waals surface area (Å²) in [4.78, 5) is 4.39. The highest BCUT2D eigenvalue weighted by Crippen LogP contribution is 2.33. The number of rotatable bonds is 6. The standard InChI is InChI=1S/C15H28N4/c1-3-12-5-4-6-13(11-12)14(18-16)7-8-15-17-9-10-19(15)2/h9-10,12-14,18H,3-8,11,16H2,1-2H3. The average Bonchev–Trinajstić information content (AvgIpc) is 2.85. The molecule has 4 heteroatoms. The number of nitrogens with two attached hydrogens (primary N) is 1. The lowest BCUT2D eigenvalue weighted by atomic mass is 9.76. The Bertz CT molecular complexity index is 374. The van der Waals surface area contributed by atoms with Gasteiger partial charge in [-0.1, -0.05) is 26.2 Å². The second-order valence-electron chi connectivity index (χ2n) is 5.97. The van der Waals surface area contributed by atoms with Crippen LogP contribution in [-0.4, -0.2) is 15.6 Å². The van der Waals surface area contributed by atoms with Gasteiger partial charge in [0, 0.05) is 31.9 Å². The van der Waals surface area contributed by atoms with Gasteiger partial charge in [0.2, 0.25) is 0 Å². The quantitative estimate of drug-likeness (QED) is 0.613. The molecule has 0 aromatic carbocycles. The molecule has 0 bridgehead atoms. The lowest BCUT2D eigenvalue weighted by Gasteiger charge is -2.34. The molecule has 1 aliphatic carbocycles. The van der Waals surface area contributed by atoms with Gasteiger partial charge in [0.25, 0.3) is 0 Å². The number of hydrogen-bond acceptors (Lipinski definition) is 3. The van der Waals surface area contributed by atoms with Crippen LogP contribution in [-0.2, 0) is 13.5 Å². The van der Waals surface area contributed by atoms with Gasteiger partial charge in [-0.05, 0) is 31.1 Å². The number of aromatic nitrogens is 2. The van der Waals surface area contributed by atoms with E-state index in [1.54, 1.807) is 0 Å². The van der Waals surface area contributed by atoms with Crippen molar-refractivity contribution >= 4 is 0 Å². The minimum absolute atomic E-state index is 0.436. The summed E-state index contributed by atoms with van der Waals surface area (Å²) in [6.45, 7) is 2.31. The summed E-state index contributed by atoms with van der Waals surface area (Å²) in [5.41, 5.74) is 3.06. The molecular formula is C15H28N4. The van der Waals surface area contributed by atoms with E-state index in [2.05, 4.69) is 28.9 Å². The molecule has 19 heavy (non-hydrogen) atoms. The highest BCUT2D eigenvalue weighted by molar-refractivity contribution is 4.93. The summed E-state index contributed by atoms with van der Waals surface area (Å²) in [5.74, 6) is 8.59. The third kappa shape index (κ3) is 3.80. The molecule has 1 saturated carbocycles. The number of imidazole rings is 1. The summed E-state index contributed by atoms with van der Waals surface area (Å²) >= 11 is 0. The van der Waals surface area contributed by atoms with Crippen molar-refractivity contribution in [2.75, 3.05) is 0 Å². The zero-order valence-corrected chi connectivity index (χ0v) is 12.3. The Labute approximate surface area is 116 Å². The van der Waals surface area contributed by atoms with Crippen LogP contribution in [0.3, 0.4) is 0 Å². The van der Waals surface area contributed by atoms with Gasteiger partial charge in [-0.25, -0.2) is 4.98 Å². The molecule has 1 fully saturated rings. The van der Waals surface area contributed by atoms with Crippen LogP contribution in [0.1, 0.15) is 51.3 Å². The Morgan fingerprint density at radius 1 is 1.53 bits per heavy atom. The molecule has 1 aliphatic rings. The Morgan fingerprint density at radius 3 is 3.00 bits per heavy atom. The van der Waals surface area contributed by atoms with E-state index in [1.807, 2.05) is 12.4 Å². The van der Waals surface area contributed by atoms with E-state index in [1.165, 1.54) is 32.1 Å². The van der Waals surface area contributed by atoms with Crippen LogP contribution in [0.5, 0.6) is 0 Å². The highest BCUT2D eigenvalue weighted by Gasteiger charge is 2.27. The summed E-state index contributed by atoms with van der Waals surface area (Å²) in [7, 11) is 2.06. The predicted octanol–water partition coefficient (Wildman–Crippen LogP) is 2.40. The molecule has 2 rings (SSSR count). The largest absolute Gasteiger partial charge is 0.338 e. The van der Waals surface area contributed by atoms with E-state index in [4.69, 9.17) is 5.84 Å². The normalized spacial score (nSPS) is 25.4. The van der Waals surface area contributed by atoms with Crippen LogP contribution in [0.15, 0.2) is 12.4 Å². The monoisotopic (exact) mass is 264 g/mol. The van der Waals surface area contributed by atoms with Crippen LogP contribution in [0.2, 0.25) is 0 Å². The fourth-order valence-corrected chi connectivity index (χ4v) is 3.45. The van der Waals surface area contributed by atoms with E-state index < -0.39 is 0 Å². The first-order valence-electron chi connectivity index (χ1n) is 7.66. The number of aryl methyl sites for hydroxylation is 2. The summed E-state index contributed by atoms with van der Waals surface area (Å²) in [5, 5.41) is 0. The van der Waals surface area contributed by atoms with Gasteiger partial charge < -0.3 is 4.57 Å². The van der Waals surface area contributed by atoms with Crippen molar-refractivity contribution in [1.82, 2.24) is 15.0 Å². The van der Waals surface area contributed by atoms with E-state index >= 15 is 0 Å². The van der Waals surface area contributed by atoms with Crippen molar-refractivity contribution < 1.29 is 0 Å². The molecule has 3 unspecified atom stereocenters. The first-order valence-corrected chi connectivity index (χ1v) is 7.66. The average molecular weight is 264 g/mol. The van der Waals surface area contributed by atoms with Crippen molar-refractivity contribution in [3.05, 3.63) is 18.2 Å². The van der Waals surface area contributed by atoms with E-state index in [9.17, 15) is 0 Å². The van der Waals surface area contributed by atoms with Crippen molar-refractivity contribution in [1.29, 1.82) is 0 Å². The second-order valence-corrected chi connectivity index (χ2v) is 5.97. The maximum absolute atomic E-state index is 5.79. The number of nitrogens with zero attached hydrogens (tertiary/aromatic N) is 2. The zero-order chi connectivity index (χ0) is 13.7. The Morgan fingerprint density at radius 2 is 2.37 bits per heavy atom.